The maximum atomic E-state index is 12.6. The van der Waals surface area contributed by atoms with E-state index in [1.165, 1.54) is 6.92 Å². The lowest BCUT2D eigenvalue weighted by atomic mass is 10.3. The molecule has 12 heteroatoms. The highest BCUT2D eigenvalue weighted by Gasteiger charge is 2.31. The molecule has 0 atom stereocenters. The van der Waals surface area contributed by atoms with E-state index in [0.717, 1.165) is 30.3 Å². The summed E-state index contributed by atoms with van der Waals surface area (Å²) in [5.74, 6) is -0.599. The Morgan fingerprint density at radius 3 is 2.28 bits per heavy atom. The monoisotopic (exact) mass is 440 g/mol. The Morgan fingerprint density at radius 1 is 1.24 bits per heavy atom. The predicted molar refractivity (Wildman–Crippen MR) is 81.9 cm³/mol. The summed E-state index contributed by atoms with van der Waals surface area (Å²) < 4.78 is 65.1. The second-order valence-corrected chi connectivity index (χ2v) is 7.33. The highest BCUT2D eigenvalue weighted by atomic mass is 79.9. The van der Waals surface area contributed by atoms with Gasteiger partial charge in [-0.2, -0.15) is 0 Å². The maximum absolute atomic E-state index is 12.6. The first-order valence-corrected chi connectivity index (χ1v) is 8.62. The number of ether oxygens (including phenoxy) is 1. The van der Waals surface area contributed by atoms with Crippen LogP contribution in [0.2, 0.25) is 0 Å². The molecule has 0 N–H and O–H groups in total. The number of nitro groups is 1. The molecule has 0 radical (unpaired) electrons. The normalized spacial score (nSPS) is 12.0. The topological polar surface area (TPSA) is 99.4 Å². The summed E-state index contributed by atoms with van der Waals surface area (Å²) in [6.07, 6.45) is -4.91. The second-order valence-electron chi connectivity index (χ2n) is 4.66. The highest BCUT2D eigenvalue weighted by Crippen LogP contribution is 2.32. The van der Waals surface area contributed by atoms with Gasteiger partial charge in [0.1, 0.15) is 20.9 Å². The largest absolute Gasteiger partial charge is 0.573 e. The number of rotatable bonds is 4. The standard InChI is InChI=1S/C13H8BrF3N2O5S/c1-7-10(19(20)21)6-11(12(14)18-7)25(22,23)9-4-2-8(3-5-9)24-13(15,16)17/h2-6H,1H3. The first-order valence-electron chi connectivity index (χ1n) is 6.34. The number of aryl methyl sites for hydroxylation is 1. The van der Waals surface area contributed by atoms with Crippen LogP contribution >= 0.6 is 15.9 Å². The molecular formula is C13H8BrF3N2O5S. The van der Waals surface area contributed by atoms with Gasteiger partial charge >= 0.3 is 6.36 Å². The second kappa shape index (κ2) is 6.59. The Morgan fingerprint density at radius 2 is 1.80 bits per heavy atom. The fourth-order valence-electron chi connectivity index (χ4n) is 1.87. The van der Waals surface area contributed by atoms with Crippen LogP contribution in [-0.4, -0.2) is 24.7 Å². The highest BCUT2D eigenvalue weighted by molar-refractivity contribution is 9.10. The molecule has 1 heterocycles. The van der Waals surface area contributed by atoms with Gasteiger partial charge in [-0.05, 0) is 47.1 Å². The number of sulfone groups is 1. The average Bonchev–Trinajstić information content (AvgIpc) is 2.45. The van der Waals surface area contributed by atoms with Crippen molar-refractivity contribution in [3.05, 3.63) is 50.7 Å². The van der Waals surface area contributed by atoms with Gasteiger partial charge in [-0.3, -0.25) is 10.1 Å². The molecular weight excluding hydrogens is 433 g/mol. The third-order valence-corrected chi connectivity index (χ3v) is 5.61. The van der Waals surface area contributed by atoms with Gasteiger partial charge in [0.15, 0.2) is 0 Å². The third kappa shape index (κ3) is 4.25. The molecule has 134 valence electrons. The minimum atomic E-state index is -4.91. The van der Waals surface area contributed by atoms with E-state index in [0.29, 0.717) is 0 Å². The zero-order valence-electron chi connectivity index (χ0n) is 12.2. The van der Waals surface area contributed by atoms with Crippen LogP contribution in [0, 0.1) is 17.0 Å². The first-order chi connectivity index (χ1) is 11.4. The summed E-state index contributed by atoms with van der Waals surface area (Å²) in [5, 5.41) is 11.0. The van der Waals surface area contributed by atoms with Gasteiger partial charge < -0.3 is 4.74 Å². The van der Waals surface area contributed by atoms with Crippen molar-refractivity contribution in [3.8, 4) is 5.75 Å². The van der Waals surface area contributed by atoms with Gasteiger partial charge in [-0.1, -0.05) is 0 Å². The van der Waals surface area contributed by atoms with E-state index in [4.69, 9.17) is 0 Å². The molecule has 25 heavy (non-hydrogen) atoms. The Labute approximate surface area is 147 Å². The van der Waals surface area contributed by atoms with E-state index in [1.54, 1.807) is 0 Å². The summed E-state index contributed by atoms with van der Waals surface area (Å²) in [5.41, 5.74) is -0.497. The zero-order chi connectivity index (χ0) is 19.0. The summed E-state index contributed by atoms with van der Waals surface area (Å²) in [7, 11) is -4.25. The number of halogens is 4. The average molecular weight is 441 g/mol. The molecule has 0 aliphatic heterocycles. The van der Waals surface area contributed by atoms with Gasteiger partial charge in [0.05, 0.1) is 9.82 Å². The lowest BCUT2D eigenvalue weighted by molar-refractivity contribution is -0.386. The molecule has 0 bridgehead atoms. The van der Waals surface area contributed by atoms with Crippen molar-refractivity contribution in [1.29, 1.82) is 0 Å². The van der Waals surface area contributed by atoms with Gasteiger partial charge in [0.2, 0.25) is 9.84 Å². The van der Waals surface area contributed by atoms with E-state index in [-0.39, 0.29) is 15.2 Å². The summed E-state index contributed by atoms with van der Waals surface area (Å²) in [4.78, 5) is 13.1. The predicted octanol–water partition coefficient (Wildman–Crippen LogP) is 3.79. The van der Waals surface area contributed by atoms with Crippen molar-refractivity contribution in [1.82, 2.24) is 4.98 Å². The third-order valence-electron chi connectivity index (χ3n) is 2.96. The Hall–Kier alpha value is -2.21. The number of benzene rings is 1. The minimum absolute atomic E-state index is 0.00440. The summed E-state index contributed by atoms with van der Waals surface area (Å²) >= 11 is 2.93. The van der Waals surface area contributed by atoms with Crippen LogP contribution in [0.15, 0.2) is 44.7 Å². The van der Waals surface area contributed by atoms with Crippen LogP contribution in [0.25, 0.3) is 0 Å². The van der Waals surface area contributed by atoms with E-state index >= 15 is 0 Å². The van der Waals surface area contributed by atoms with Gasteiger partial charge in [0, 0.05) is 6.07 Å². The molecule has 0 amide bonds. The number of aromatic nitrogens is 1. The number of hydrogen-bond donors (Lipinski definition) is 0. The van der Waals surface area contributed by atoms with Gasteiger partial charge in [0.25, 0.3) is 5.69 Å². The van der Waals surface area contributed by atoms with Crippen molar-refractivity contribution < 1.29 is 31.2 Å². The minimum Gasteiger partial charge on any atom is -0.406 e. The van der Waals surface area contributed by atoms with Crippen LogP contribution in [-0.2, 0) is 9.84 Å². The Balaban J connectivity index is 2.49. The molecule has 0 aliphatic carbocycles. The van der Waals surface area contributed by atoms with Crippen molar-refractivity contribution in [2.45, 2.75) is 23.1 Å². The van der Waals surface area contributed by atoms with E-state index in [9.17, 15) is 31.7 Å². The van der Waals surface area contributed by atoms with Crippen molar-refractivity contribution in [2.24, 2.45) is 0 Å². The lowest BCUT2D eigenvalue weighted by Crippen LogP contribution is -2.17. The smallest absolute Gasteiger partial charge is 0.406 e. The lowest BCUT2D eigenvalue weighted by Gasteiger charge is -2.10. The van der Waals surface area contributed by atoms with Crippen LogP contribution in [0.4, 0.5) is 18.9 Å². The van der Waals surface area contributed by atoms with Crippen LogP contribution < -0.4 is 4.74 Å². The molecule has 0 spiro atoms. The van der Waals surface area contributed by atoms with Crippen LogP contribution in [0.3, 0.4) is 0 Å². The molecule has 7 nitrogen and oxygen atoms in total. The van der Waals surface area contributed by atoms with Crippen molar-refractivity contribution >= 4 is 31.5 Å². The van der Waals surface area contributed by atoms with E-state index in [2.05, 4.69) is 25.7 Å². The molecule has 0 saturated carbocycles. The quantitative estimate of drug-likeness (QED) is 0.407. The Kier molecular flexibility index (Phi) is 5.04. The number of pyridine rings is 1. The summed E-state index contributed by atoms with van der Waals surface area (Å²) in [6, 6.07) is 4.28. The molecule has 0 unspecified atom stereocenters. The van der Waals surface area contributed by atoms with Crippen molar-refractivity contribution in [3.63, 3.8) is 0 Å². The number of alkyl halides is 3. The Bertz CT molecular complexity index is 930. The molecule has 0 saturated heterocycles. The van der Waals surface area contributed by atoms with E-state index in [1.807, 2.05) is 0 Å². The van der Waals surface area contributed by atoms with Crippen LogP contribution in [0.5, 0.6) is 5.75 Å². The number of hydrogen-bond acceptors (Lipinski definition) is 6. The van der Waals surface area contributed by atoms with Crippen molar-refractivity contribution in [2.75, 3.05) is 0 Å². The molecule has 0 aliphatic rings. The van der Waals surface area contributed by atoms with E-state index < -0.39 is 37.5 Å². The van der Waals surface area contributed by atoms with Crippen LogP contribution in [0.1, 0.15) is 5.69 Å². The summed E-state index contributed by atoms with van der Waals surface area (Å²) in [6.45, 7) is 1.34. The fraction of sp³-hybridized carbons (Fsp3) is 0.154. The fourth-order valence-corrected chi connectivity index (χ4v) is 4.17. The molecule has 1 aromatic carbocycles. The van der Waals surface area contributed by atoms with Gasteiger partial charge in [-0.15, -0.1) is 13.2 Å². The van der Waals surface area contributed by atoms with Gasteiger partial charge in [-0.25, -0.2) is 13.4 Å². The maximum Gasteiger partial charge on any atom is 0.573 e. The zero-order valence-corrected chi connectivity index (χ0v) is 14.6. The molecule has 0 fully saturated rings. The molecule has 2 rings (SSSR count). The molecule has 2 aromatic rings. The number of nitrogens with zero attached hydrogens (tertiary/aromatic N) is 2. The first kappa shape index (κ1) is 19.1. The molecule has 1 aromatic heterocycles. The SMILES string of the molecule is Cc1nc(Br)c(S(=O)(=O)c2ccc(OC(F)(F)F)cc2)cc1[N+](=O)[O-].